The summed E-state index contributed by atoms with van der Waals surface area (Å²) in [5, 5.41) is 9.58. The van der Waals surface area contributed by atoms with Gasteiger partial charge in [0.05, 0.1) is 0 Å². The van der Waals surface area contributed by atoms with E-state index in [1.165, 1.54) is 4.46 Å². The SMILES string of the molecule is CC(C)C(O)CC=C[Se]c1ccccc1. The molecule has 0 amide bonds. The number of aliphatic hydroxyl groups is 1. The van der Waals surface area contributed by atoms with E-state index in [9.17, 15) is 5.11 Å². The van der Waals surface area contributed by atoms with Crippen molar-refractivity contribution in [2.75, 3.05) is 0 Å². The van der Waals surface area contributed by atoms with Crippen molar-refractivity contribution in [2.24, 2.45) is 5.92 Å². The third-order valence-electron chi connectivity index (χ3n) is 2.19. The maximum absolute atomic E-state index is 9.58. The molecule has 0 aromatic heterocycles. The molecule has 1 unspecified atom stereocenters. The Labute approximate surface area is 98.4 Å². The molecule has 0 aliphatic heterocycles. The number of hydrogen-bond donors (Lipinski definition) is 1. The molecule has 0 bridgehead atoms. The summed E-state index contributed by atoms with van der Waals surface area (Å²) in [6.07, 6.45) is 2.66. The molecule has 0 aliphatic carbocycles. The van der Waals surface area contributed by atoms with Crippen LogP contribution in [0.25, 0.3) is 0 Å². The quantitative estimate of drug-likeness (QED) is 0.810. The number of rotatable bonds is 5. The molecule has 0 aliphatic rings. The van der Waals surface area contributed by atoms with Crippen LogP contribution in [0.5, 0.6) is 0 Å². The monoisotopic (exact) mass is 270 g/mol. The van der Waals surface area contributed by atoms with Crippen LogP contribution in [0.3, 0.4) is 0 Å². The van der Waals surface area contributed by atoms with Crippen molar-refractivity contribution in [1.29, 1.82) is 0 Å². The van der Waals surface area contributed by atoms with Crippen LogP contribution in [0.2, 0.25) is 0 Å². The fourth-order valence-corrected chi connectivity index (χ4v) is 2.52. The van der Waals surface area contributed by atoms with Gasteiger partial charge in [0.25, 0.3) is 0 Å². The third kappa shape index (κ3) is 5.17. The average molecular weight is 269 g/mol. The third-order valence-corrected chi connectivity index (χ3v) is 4.02. The van der Waals surface area contributed by atoms with E-state index in [2.05, 4.69) is 35.3 Å². The van der Waals surface area contributed by atoms with Gasteiger partial charge in [0.2, 0.25) is 0 Å². The first-order valence-corrected chi connectivity index (χ1v) is 7.09. The van der Waals surface area contributed by atoms with Crippen molar-refractivity contribution in [2.45, 2.75) is 26.4 Å². The molecule has 15 heavy (non-hydrogen) atoms. The Kier molecular flexibility index (Phi) is 5.70. The normalized spacial score (nSPS) is 13.6. The summed E-state index contributed by atoms with van der Waals surface area (Å²) < 4.78 is 1.38. The Balaban J connectivity index is 2.29. The van der Waals surface area contributed by atoms with Gasteiger partial charge in [-0.1, -0.05) is 0 Å². The Morgan fingerprint density at radius 3 is 2.53 bits per heavy atom. The van der Waals surface area contributed by atoms with Gasteiger partial charge in [0.1, 0.15) is 0 Å². The second-order valence-electron chi connectivity index (χ2n) is 3.85. The molecular formula is C13H18OSe. The Morgan fingerprint density at radius 2 is 1.93 bits per heavy atom. The van der Waals surface area contributed by atoms with E-state index in [4.69, 9.17) is 0 Å². The zero-order chi connectivity index (χ0) is 11.1. The fourth-order valence-electron chi connectivity index (χ4n) is 1.09. The van der Waals surface area contributed by atoms with Gasteiger partial charge in [-0.15, -0.1) is 0 Å². The van der Waals surface area contributed by atoms with Crippen LogP contribution in [-0.2, 0) is 0 Å². The summed E-state index contributed by atoms with van der Waals surface area (Å²) in [6.45, 7) is 4.09. The van der Waals surface area contributed by atoms with Gasteiger partial charge < -0.3 is 0 Å². The van der Waals surface area contributed by atoms with Crippen molar-refractivity contribution >= 4 is 19.4 Å². The van der Waals surface area contributed by atoms with E-state index in [0.717, 1.165) is 6.42 Å². The summed E-state index contributed by atoms with van der Waals surface area (Å²) in [5.74, 6) is 0.346. The van der Waals surface area contributed by atoms with Crippen LogP contribution < -0.4 is 4.46 Å². The maximum atomic E-state index is 9.58. The first kappa shape index (κ1) is 12.5. The van der Waals surface area contributed by atoms with E-state index in [1.54, 1.807) is 0 Å². The summed E-state index contributed by atoms with van der Waals surface area (Å²) in [4.78, 5) is 2.19. The minimum absolute atomic E-state index is 0.201. The van der Waals surface area contributed by atoms with Crippen molar-refractivity contribution in [3.8, 4) is 0 Å². The van der Waals surface area contributed by atoms with Gasteiger partial charge in [0.15, 0.2) is 0 Å². The topological polar surface area (TPSA) is 20.2 Å². The molecular weight excluding hydrogens is 251 g/mol. The number of aliphatic hydroxyl groups excluding tert-OH is 1. The first-order valence-electron chi connectivity index (χ1n) is 5.25. The minimum atomic E-state index is -0.201. The zero-order valence-electron chi connectivity index (χ0n) is 9.26. The standard InChI is InChI=1S/C13H18OSe/c1-11(2)13(14)9-6-10-15-12-7-4-3-5-8-12/h3-8,10-11,13-14H,9H2,1-2H3. The van der Waals surface area contributed by atoms with Gasteiger partial charge >= 0.3 is 98.2 Å². The molecule has 1 rings (SSSR count). The Bertz CT molecular complexity index is 293. The second kappa shape index (κ2) is 6.84. The molecule has 0 saturated heterocycles. The van der Waals surface area contributed by atoms with Gasteiger partial charge in [-0.05, 0) is 0 Å². The number of benzene rings is 1. The van der Waals surface area contributed by atoms with Crippen LogP contribution in [0.1, 0.15) is 20.3 Å². The number of hydrogen-bond acceptors (Lipinski definition) is 1. The van der Waals surface area contributed by atoms with Gasteiger partial charge in [0, 0.05) is 0 Å². The van der Waals surface area contributed by atoms with Crippen molar-refractivity contribution in [3.63, 3.8) is 0 Å². The predicted octanol–water partition coefficient (Wildman–Crippen LogP) is 1.94. The molecule has 2 heteroatoms. The molecule has 1 aromatic carbocycles. The summed E-state index contributed by atoms with van der Waals surface area (Å²) in [5.41, 5.74) is 0. The molecule has 1 aromatic rings. The van der Waals surface area contributed by atoms with Gasteiger partial charge in [-0.2, -0.15) is 0 Å². The van der Waals surface area contributed by atoms with Crippen molar-refractivity contribution < 1.29 is 5.11 Å². The Morgan fingerprint density at radius 1 is 1.27 bits per heavy atom. The zero-order valence-corrected chi connectivity index (χ0v) is 11.0. The van der Waals surface area contributed by atoms with E-state index < -0.39 is 0 Å². The van der Waals surface area contributed by atoms with Gasteiger partial charge in [-0.25, -0.2) is 0 Å². The van der Waals surface area contributed by atoms with Crippen LogP contribution in [0.4, 0.5) is 0 Å². The van der Waals surface area contributed by atoms with E-state index >= 15 is 0 Å². The first-order chi connectivity index (χ1) is 7.20. The molecule has 0 radical (unpaired) electrons. The fraction of sp³-hybridized carbons (Fsp3) is 0.385. The van der Waals surface area contributed by atoms with Crippen LogP contribution >= 0.6 is 0 Å². The molecule has 0 fully saturated rings. The van der Waals surface area contributed by atoms with Gasteiger partial charge in [-0.3, -0.25) is 0 Å². The molecule has 0 heterocycles. The van der Waals surface area contributed by atoms with Crippen molar-refractivity contribution in [1.82, 2.24) is 0 Å². The molecule has 82 valence electrons. The molecule has 0 spiro atoms. The Hall–Kier alpha value is -0.561. The predicted molar refractivity (Wildman–Crippen MR) is 66.4 cm³/mol. The second-order valence-corrected chi connectivity index (χ2v) is 5.90. The summed E-state index contributed by atoms with van der Waals surface area (Å²) in [7, 11) is 0. The summed E-state index contributed by atoms with van der Waals surface area (Å²) >= 11 is 0.401. The average Bonchev–Trinajstić information content (AvgIpc) is 2.25. The van der Waals surface area contributed by atoms with Crippen LogP contribution in [-0.4, -0.2) is 26.2 Å². The van der Waals surface area contributed by atoms with E-state index in [1.807, 2.05) is 19.9 Å². The van der Waals surface area contributed by atoms with E-state index in [0.29, 0.717) is 20.9 Å². The molecule has 1 N–H and O–H groups in total. The molecule has 0 saturated carbocycles. The molecule has 1 atom stereocenters. The van der Waals surface area contributed by atoms with Crippen molar-refractivity contribution in [3.05, 3.63) is 41.4 Å². The summed E-state index contributed by atoms with van der Waals surface area (Å²) in [6, 6.07) is 10.4. The van der Waals surface area contributed by atoms with E-state index in [-0.39, 0.29) is 6.10 Å². The van der Waals surface area contributed by atoms with Crippen LogP contribution in [0, 0.1) is 5.92 Å². The van der Waals surface area contributed by atoms with Crippen LogP contribution in [0.15, 0.2) is 41.4 Å². The molecule has 1 nitrogen and oxygen atoms in total.